The largest absolute Gasteiger partial charge is 0.504 e. The summed E-state index contributed by atoms with van der Waals surface area (Å²) in [6.45, 7) is -0.296. The summed E-state index contributed by atoms with van der Waals surface area (Å²) in [5.74, 6) is -3.22. The number of hydrogen-bond acceptors (Lipinski definition) is 6. The molecule has 2 fully saturated rings. The Morgan fingerprint density at radius 2 is 1.89 bits per heavy atom. The van der Waals surface area contributed by atoms with Crippen molar-refractivity contribution in [2.75, 3.05) is 6.26 Å². The zero-order valence-electron chi connectivity index (χ0n) is 19.2. The highest BCUT2D eigenvalue weighted by Gasteiger charge is 2.64. The summed E-state index contributed by atoms with van der Waals surface area (Å²) in [7, 11) is -3.47. The standard InChI is InChI=1S/C25H24F3N3O4S/c1-36(34,35)31-22-11-25(19-9-18(19)22,24-29-5-4-15(12-32)30-24)10-13-2-3-20(27)16(6-13)17-7-14(26)8-21(28)23(17)33/h2-8,18-19,22,31-33H,9-12H2,1H3/t18-,19+,22-,25-/m1/s1. The van der Waals surface area contributed by atoms with Crippen LogP contribution in [0.1, 0.15) is 29.9 Å². The molecule has 2 aromatic carbocycles. The highest BCUT2D eigenvalue weighted by atomic mass is 32.2. The third-order valence-corrected chi connectivity index (χ3v) is 7.94. The zero-order valence-corrected chi connectivity index (χ0v) is 20.1. The van der Waals surface area contributed by atoms with E-state index in [1.807, 2.05) is 0 Å². The Hall–Kier alpha value is -3.02. The molecule has 11 heteroatoms. The number of halogens is 3. The van der Waals surface area contributed by atoms with E-state index in [4.69, 9.17) is 0 Å². The number of nitrogens with one attached hydrogen (secondary N) is 1. The molecular weight excluding hydrogens is 495 g/mol. The molecule has 5 rings (SSSR count). The molecule has 0 radical (unpaired) electrons. The topological polar surface area (TPSA) is 112 Å². The predicted molar refractivity (Wildman–Crippen MR) is 125 cm³/mol. The number of sulfonamides is 1. The van der Waals surface area contributed by atoms with Gasteiger partial charge in [0.05, 0.1) is 18.6 Å². The van der Waals surface area contributed by atoms with Crippen LogP contribution in [0.5, 0.6) is 5.75 Å². The van der Waals surface area contributed by atoms with Crippen LogP contribution in [0.2, 0.25) is 0 Å². The molecule has 1 heterocycles. The van der Waals surface area contributed by atoms with E-state index >= 15 is 0 Å². The van der Waals surface area contributed by atoms with Crippen molar-refractivity contribution in [3.05, 3.63) is 77.1 Å². The predicted octanol–water partition coefficient (Wildman–Crippen LogP) is 3.20. The minimum Gasteiger partial charge on any atom is -0.504 e. The Bertz CT molecular complexity index is 1450. The first kappa shape index (κ1) is 24.7. The number of nitrogens with zero attached hydrogens (tertiary/aromatic N) is 2. The molecule has 2 aliphatic carbocycles. The number of aromatic nitrogens is 2. The minimum atomic E-state index is -3.47. The van der Waals surface area contributed by atoms with Gasteiger partial charge in [0.25, 0.3) is 0 Å². The molecule has 7 nitrogen and oxygen atoms in total. The van der Waals surface area contributed by atoms with E-state index < -0.39 is 38.6 Å². The summed E-state index contributed by atoms with van der Waals surface area (Å²) in [6.07, 6.45) is 4.05. The number of phenols is 1. The lowest BCUT2D eigenvalue weighted by Crippen LogP contribution is -2.39. The van der Waals surface area contributed by atoms with E-state index in [9.17, 15) is 31.8 Å². The van der Waals surface area contributed by atoms with Crippen LogP contribution in [-0.4, -0.2) is 40.9 Å². The van der Waals surface area contributed by atoms with E-state index in [0.29, 0.717) is 29.6 Å². The quantitative estimate of drug-likeness (QED) is 0.442. The summed E-state index contributed by atoms with van der Waals surface area (Å²) >= 11 is 0. The van der Waals surface area contributed by atoms with E-state index in [1.54, 1.807) is 6.07 Å². The van der Waals surface area contributed by atoms with Crippen molar-refractivity contribution >= 4 is 10.0 Å². The van der Waals surface area contributed by atoms with E-state index in [-0.39, 0.29) is 42.0 Å². The van der Waals surface area contributed by atoms with E-state index in [0.717, 1.165) is 24.8 Å². The van der Waals surface area contributed by atoms with Crippen LogP contribution >= 0.6 is 0 Å². The van der Waals surface area contributed by atoms with E-state index in [1.165, 1.54) is 18.3 Å². The molecule has 0 saturated heterocycles. The number of phenolic OH excluding ortho intramolecular Hbond substituents is 1. The Balaban J connectivity index is 1.58. The lowest BCUT2D eigenvalue weighted by Gasteiger charge is -2.32. The van der Waals surface area contributed by atoms with Crippen molar-refractivity contribution in [1.29, 1.82) is 0 Å². The Morgan fingerprint density at radius 3 is 2.61 bits per heavy atom. The number of fused-ring (bicyclic) bond motifs is 1. The van der Waals surface area contributed by atoms with Gasteiger partial charge in [0, 0.05) is 34.8 Å². The average molecular weight is 520 g/mol. The first-order valence-electron chi connectivity index (χ1n) is 11.4. The van der Waals surface area contributed by atoms with Crippen molar-refractivity contribution in [2.24, 2.45) is 11.8 Å². The summed E-state index contributed by atoms with van der Waals surface area (Å²) < 4.78 is 69.3. The fourth-order valence-corrected chi connectivity index (χ4v) is 6.49. The molecule has 0 spiro atoms. The van der Waals surface area contributed by atoms with Crippen molar-refractivity contribution in [3.63, 3.8) is 0 Å². The van der Waals surface area contributed by atoms with Gasteiger partial charge < -0.3 is 10.2 Å². The maximum atomic E-state index is 14.8. The fourth-order valence-electron chi connectivity index (χ4n) is 5.68. The number of aliphatic hydroxyl groups excluding tert-OH is 1. The summed E-state index contributed by atoms with van der Waals surface area (Å²) in [6, 6.07) is 6.75. The van der Waals surface area contributed by atoms with Gasteiger partial charge in [0.1, 0.15) is 17.5 Å². The Morgan fingerprint density at radius 1 is 1.11 bits per heavy atom. The first-order chi connectivity index (χ1) is 17.0. The molecular formula is C25H24F3N3O4S. The van der Waals surface area contributed by atoms with Crippen LogP contribution in [0.4, 0.5) is 13.2 Å². The van der Waals surface area contributed by atoms with Crippen LogP contribution < -0.4 is 4.72 Å². The van der Waals surface area contributed by atoms with Gasteiger partial charge in [-0.25, -0.2) is 36.3 Å². The molecule has 1 aromatic heterocycles. The van der Waals surface area contributed by atoms with Crippen molar-refractivity contribution < 1.29 is 31.8 Å². The lowest BCUT2D eigenvalue weighted by molar-refractivity contribution is 0.273. The van der Waals surface area contributed by atoms with Crippen molar-refractivity contribution in [3.8, 4) is 16.9 Å². The summed E-state index contributed by atoms with van der Waals surface area (Å²) in [5.41, 5.74) is -0.190. The molecule has 0 bridgehead atoms. The number of hydrogen-bond donors (Lipinski definition) is 3. The van der Waals surface area contributed by atoms with Crippen LogP contribution in [0, 0.1) is 29.3 Å². The van der Waals surface area contributed by atoms with Gasteiger partial charge in [-0.2, -0.15) is 0 Å². The molecule has 2 saturated carbocycles. The number of aliphatic hydroxyl groups is 1. The van der Waals surface area contributed by atoms with Gasteiger partial charge in [-0.05, 0) is 60.9 Å². The van der Waals surface area contributed by atoms with Crippen LogP contribution in [0.15, 0.2) is 42.6 Å². The molecule has 0 amide bonds. The van der Waals surface area contributed by atoms with Crippen molar-refractivity contribution in [1.82, 2.24) is 14.7 Å². The van der Waals surface area contributed by atoms with Gasteiger partial charge >= 0.3 is 0 Å². The smallest absolute Gasteiger partial charge is 0.208 e. The second kappa shape index (κ2) is 8.82. The maximum absolute atomic E-state index is 14.8. The Kier molecular flexibility index (Phi) is 6.05. The van der Waals surface area contributed by atoms with Crippen LogP contribution in [-0.2, 0) is 28.5 Å². The van der Waals surface area contributed by atoms with Crippen molar-refractivity contribution in [2.45, 2.75) is 37.3 Å². The average Bonchev–Trinajstić information content (AvgIpc) is 3.57. The third-order valence-electron chi connectivity index (χ3n) is 7.21. The molecule has 36 heavy (non-hydrogen) atoms. The highest BCUT2D eigenvalue weighted by Crippen LogP contribution is 2.63. The third kappa shape index (κ3) is 4.46. The Labute approximate surface area is 206 Å². The maximum Gasteiger partial charge on any atom is 0.208 e. The minimum absolute atomic E-state index is 0.0409. The second-order valence-electron chi connectivity index (χ2n) is 9.67. The zero-order chi connectivity index (χ0) is 25.8. The van der Waals surface area contributed by atoms with Gasteiger partial charge in [0.15, 0.2) is 11.6 Å². The van der Waals surface area contributed by atoms with Gasteiger partial charge in [-0.3, -0.25) is 0 Å². The molecule has 3 aromatic rings. The van der Waals surface area contributed by atoms with Gasteiger partial charge in [-0.15, -0.1) is 0 Å². The van der Waals surface area contributed by atoms with Gasteiger partial charge in [-0.1, -0.05) is 6.07 Å². The molecule has 0 aliphatic heterocycles. The molecule has 3 N–H and O–H groups in total. The summed E-state index contributed by atoms with van der Waals surface area (Å²) in [4.78, 5) is 9.00. The lowest BCUT2D eigenvalue weighted by atomic mass is 9.75. The molecule has 190 valence electrons. The van der Waals surface area contributed by atoms with E-state index in [2.05, 4.69) is 14.7 Å². The number of rotatable bonds is 7. The second-order valence-corrected chi connectivity index (χ2v) is 11.4. The van der Waals surface area contributed by atoms with Crippen LogP contribution in [0.25, 0.3) is 11.1 Å². The molecule has 2 aliphatic rings. The fraction of sp³-hybridized carbons (Fsp3) is 0.360. The number of benzene rings is 2. The first-order valence-corrected chi connectivity index (χ1v) is 13.3. The number of aromatic hydroxyl groups is 1. The SMILES string of the molecule is CS(=O)(=O)N[C@@H]1C[C@@](Cc2ccc(F)c(-c3cc(F)cc(F)c3O)c2)(c2nccc(CO)n2)[C@H]2C[C@@H]12. The monoisotopic (exact) mass is 519 g/mol. The molecule has 4 atom stereocenters. The summed E-state index contributed by atoms with van der Waals surface area (Å²) in [5, 5.41) is 19.8. The molecule has 0 unspecified atom stereocenters. The normalized spacial score (nSPS) is 25.1. The van der Waals surface area contributed by atoms with Gasteiger partial charge in [0.2, 0.25) is 10.0 Å². The highest BCUT2D eigenvalue weighted by molar-refractivity contribution is 7.88. The van der Waals surface area contributed by atoms with Crippen LogP contribution in [0.3, 0.4) is 0 Å².